The molecule has 0 aromatic heterocycles. The zero-order valence-corrected chi connectivity index (χ0v) is 17.2. The Hall–Kier alpha value is -1.70. The van der Waals surface area contributed by atoms with Crippen LogP contribution in [0.15, 0.2) is 56.4 Å². The summed E-state index contributed by atoms with van der Waals surface area (Å²) < 4.78 is 12.7. The number of carbonyl (C=O) groups excluding carboxylic acids is 1. The van der Waals surface area contributed by atoms with Crippen molar-refractivity contribution in [2.45, 2.75) is 0 Å². The largest absolute Gasteiger partial charge is 0.483 e. The third-order valence-electron chi connectivity index (χ3n) is 3.84. The average molecular weight is 482 g/mol. The fraction of sp³-hybridized carbons (Fsp3) is 0.263. The molecule has 136 valence electrons. The lowest BCUT2D eigenvalue weighted by molar-refractivity contribution is -0.137. The fourth-order valence-corrected chi connectivity index (χ4v) is 3.36. The van der Waals surface area contributed by atoms with Gasteiger partial charge in [0.05, 0.1) is 23.4 Å². The number of halogens is 2. The molecule has 0 radical (unpaired) electrons. The summed E-state index contributed by atoms with van der Waals surface area (Å²) in [5, 5.41) is 0. The second-order valence-electron chi connectivity index (χ2n) is 5.71. The average Bonchev–Trinajstić information content (AvgIpc) is 2.66. The van der Waals surface area contributed by atoms with E-state index in [2.05, 4.69) is 36.9 Å². The molecule has 1 fully saturated rings. The molecular formula is C19H18Br2N2O3. The molecular weight excluding hydrogens is 464 g/mol. The lowest BCUT2D eigenvalue weighted by Crippen LogP contribution is -2.43. The molecule has 0 N–H and O–H groups in total. The van der Waals surface area contributed by atoms with Crippen molar-refractivity contribution in [2.75, 3.05) is 32.9 Å². The summed E-state index contributed by atoms with van der Waals surface area (Å²) in [6, 6.07) is 13.4. The number of ether oxygens (including phenoxy) is 2. The van der Waals surface area contributed by atoms with Crippen molar-refractivity contribution in [3.05, 3.63) is 57.0 Å². The van der Waals surface area contributed by atoms with Crippen molar-refractivity contribution in [3.8, 4) is 5.75 Å². The maximum absolute atomic E-state index is 12.1. The summed E-state index contributed by atoms with van der Waals surface area (Å²) in [6.07, 6.45) is 1.79. The number of morpholine rings is 1. The topological polar surface area (TPSA) is 51.1 Å². The molecule has 7 heteroatoms. The molecule has 3 rings (SSSR count). The highest BCUT2D eigenvalue weighted by atomic mass is 79.9. The van der Waals surface area contributed by atoms with Crippen LogP contribution in [0.5, 0.6) is 5.75 Å². The van der Waals surface area contributed by atoms with E-state index in [9.17, 15) is 4.79 Å². The van der Waals surface area contributed by atoms with Gasteiger partial charge in [-0.1, -0.05) is 22.0 Å². The van der Waals surface area contributed by atoms with Gasteiger partial charge >= 0.3 is 0 Å². The molecule has 1 aliphatic rings. The summed E-state index contributed by atoms with van der Waals surface area (Å²) >= 11 is 6.92. The van der Waals surface area contributed by atoms with Crippen LogP contribution < -0.4 is 4.74 Å². The quantitative estimate of drug-likeness (QED) is 0.601. The number of amides is 1. The second kappa shape index (κ2) is 9.30. The van der Waals surface area contributed by atoms with Crippen LogP contribution in [0.3, 0.4) is 0 Å². The third kappa shape index (κ3) is 5.40. The third-order valence-corrected chi connectivity index (χ3v) is 4.95. The van der Waals surface area contributed by atoms with Crippen molar-refractivity contribution in [3.63, 3.8) is 0 Å². The Labute approximate surface area is 169 Å². The summed E-state index contributed by atoms with van der Waals surface area (Å²) in [6.45, 7) is 2.43. The lowest BCUT2D eigenvalue weighted by Gasteiger charge is -2.26. The Morgan fingerprint density at radius 2 is 2.00 bits per heavy atom. The minimum atomic E-state index is -0.0273. The first kappa shape index (κ1) is 19.1. The smallest absolute Gasteiger partial charge is 0.260 e. The molecule has 0 unspecified atom stereocenters. The first-order valence-electron chi connectivity index (χ1n) is 8.19. The Morgan fingerprint density at radius 1 is 1.19 bits per heavy atom. The van der Waals surface area contributed by atoms with Crippen LogP contribution in [0.25, 0.3) is 0 Å². The molecule has 0 bridgehead atoms. The van der Waals surface area contributed by atoms with Crippen molar-refractivity contribution >= 4 is 49.7 Å². The Morgan fingerprint density at radius 3 is 2.73 bits per heavy atom. The van der Waals surface area contributed by atoms with Gasteiger partial charge in [0.1, 0.15) is 5.75 Å². The zero-order chi connectivity index (χ0) is 18.4. The van der Waals surface area contributed by atoms with Crippen molar-refractivity contribution in [2.24, 2.45) is 4.99 Å². The first-order chi connectivity index (χ1) is 12.6. The van der Waals surface area contributed by atoms with E-state index in [-0.39, 0.29) is 12.5 Å². The molecule has 2 aromatic rings. The molecule has 2 aromatic carbocycles. The summed E-state index contributed by atoms with van der Waals surface area (Å²) in [5.41, 5.74) is 1.80. The highest BCUT2D eigenvalue weighted by Crippen LogP contribution is 2.26. The van der Waals surface area contributed by atoms with Crippen LogP contribution in [0, 0.1) is 0 Å². The number of hydrogen-bond acceptors (Lipinski definition) is 4. The van der Waals surface area contributed by atoms with Crippen molar-refractivity contribution in [1.29, 1.82) is 0 Å². The maximum Gasteiger partial charge on any atom is 0.260 e. The molecule has 5 nitrogen and oxygen atoms in total. The van der Waals surface area contributed by atoms with E-state index < -0.39 is 0 Å². The predicted octanol–water partition coefficient (Wildman–Crippen LogP) is 4.20. The first-order valence-corrected chi connectivity index (χ1v) is 9.78. The van der Waals surface area contributed by atoms with Gasteiger partial charge in [0.25, 0.3) is 5.91 Å². The number of carbonyl (C=O) groups is 1. The van der Waals surface area contributed by atoms with E-state index in [0.717, 1.165) is 20.2 Å². The summed E-state index contributed by atoms with van der Waals surface area (Å²) in [5.74, 6) is 0.603. The van der Waals surface area contributed by atoms with E-state index in [1.54, 1.807) is 11.1 Å². The van der Waals surface area contributed by atoms with Crippen molar-refractivity contribution in [1.82, 2.24) is 4.90 Å². The standard InChI is InChI=1S/C19H18Br2N2O3/c20-15-2-1-3-16(11-15)22-12-14-4-5-18(17(21)10-14)26-13-19(24)23-6-8-25-9-7-23/h1-5,10-12H,6-9,13H2. The van der Waals surface area contributed by atoms with E-state index in [1.807, 2.05) is 42.5 Å². The van der Waals surface area contributed by atoms with Gasteiger partial charge in [0, 0.05) is 23.8 Å². The van der Waals surface area contributed by atoms with E-state index >= 15 is 0 Å². The highest BCUT2D eigenvalue weighted by molar-refractivity contribution is 9.10. The van der Waals surface area contributed by atoms with Crippen LogP contribution in [0.4, 0.5) is 5.69 Å². The van der Waals surface area contributed by atoms with Crippen molar-refractivity contribution < 1.29 is 14.3 Å². The van der Waals surface area contributed by atoms with Gasteiger partial charge in [-0.15, -0.1) is 0 Å². The zero-order valence-electron chi connectivity index (χ0n) is 14.0. The van der Waals surface area contributed by atoms with Crippen LogP contribution in [0.1, 0.15) is 5.56 Å². The van der Waals surface area contributed by atoms with Gasteiger partial charge in [-0.05, 0) is 57.9 Å². The minimum Gasteiger partial charge on any atom is -0.483 e. The monoisotopic (exact) mass is 480 g/mol. The molecule has 0 spiro atoms. The summed E-state index contributed by atoms with van der Waals surface area (Å²) in [4.78, 5) is 18.4. The van der Waals surface area contributed by atoms with Crippen LogP contribution in [-0.4, -0.2) is 49.9 Å². The molecule has 1 aliphatic heterocycles. The van der Waals surface area contributed by atoms with E-state index in [0.29, 0.717) is 32.1 Å². The molecule has 26 heavy (non-hydrogen) atoms. The molecule has 1 saturated heterocycles. The number of rotatable bonds is 5. The maximum atomic E-state index is 12.1. The summed E-state index contributed by atoms with van der Waals surface area (Å²) in [7, 11) is 0. The van der Waals surface area contributed by atoms with Gasteiger partial charge in [0.2, 0.25) is 0 Å². The van der Waals surface area contributed by atoms with Gasteiger partial charge < -0.3 is 14.4 Å². The second-order valence-corrected chi connectivity index (χ2v) is 7.48. The molecule has 0 atom stereocenters. The SMILES string of the molecule is O=C(COc1ccc(C=Nc2cccc(Br)c2)cc1Br)N1CCOCC1. The minimum absolute atomic E-state index is 0.0179. The molecule has 0 saturated carbocycles. The normalized spacial score (nSPS) is 14.6. The highest BCUT2D eigenvalue weighted by Gasteiger charge is 2.17. The number of hydrogen-bond donors (Lipinski definition) is 0. The Bertz CT molecular complexity index is 805. The Kier molecular flexibility index (Phi) is 6.82. The molecule has 1 amide bonds. The van der Waals surface area contributed by atoms with Gasteiger partial charge in [-0.2, -0.15) is 0 Å². The van der Waals surface area contributed by atoms with Crippen LogP contribution in [-0.2, 0) is 9.53 Å². The number of aliphatic imine (C=N–C) groups is 1. The fourth-order valence-electron chi connectivity index (χ4n) is 2.46. The molecule has 0 aliphatic carbocycles. The number of benzene rings is 2. The van der Waals surface area contributed by atoms with Crippen LogP contribution in [0.2, 0.25) is 0 Å². The van der Waals surface area contributed by atoms with E-state index in [4.69, 9.17) is 9.47 Å². The molecule has 1 heterocycles. The van der Waals surface area contributed by atoms with Gasteiger partial charge in [0.15, 0.2) is 6.61 Å². The Balaban J connectivity index is 1.59. The van der Waals surface area contributed by atoms with E-state index in [1.165, 1.54) is 0 Å². The number of nitrogens with zero attached hydrogens (tertiary/aromatic N) is 2. The lowest BCUT2D eigenvalue weighted by atomic mass is 10.2. The van der Waals surface area contributed by atoms with Crippen LogP contribution >= 0.6 is 31.9 Å². The van der Waals surface area contributed by atoms with Gasteiger partial charge in [-0.25, -0.2) is 0 Å². The van der Waals surface area contributed by atoms with Gasteiger partial charge in [-0.3, -0.25) is 9.79 Å². The predicted molar refractivity (Wildman–Crippen MR) is 108 cm³/mol.